The van der Waals surface area contributed by atoms with Crippen molar-refractivity contribution in [2.75, 3.05) is 33.3 Å². The van der Waals surface area contributed by atoms with Gasteiger partial charge in [0, 0.05) is 54.9 Å². The Morgan fingerprint density at radius 1 is 1.00 bits per heavy atom. The van der Waals surface area contributed by atoms with Crippen molar-refractivity contribution in [3.8, 4) is 22.8 Å². The molecule has 8 heteroatoms. The summed E-state index contributed by atoms with van der Waals surface area (Å²) in [5.41, 5.74) is 5.77. The molecular weight excluding hydrogens is 454 g/mol. The van der Waals surface area contributed by atoms with Crippen molar-refractivity contribution in [3.63, 3.8) is 0 Å². The Labute approximate surface area is 211 Å². The molecule has 0 atom stereocenters. The summed E-state index contributed by atoms with van der Waals surface area (Å²) in [5, 5.41) is 4.16. The van der Waals surface area contributed by atoms with Crippen molar-refractivity contribution < 1.29 is 14.1 Å². The number of hydrogen-bond acceptors (Lipinski definition) is 6. The predicted molar refractivity (Wildman–Crippen MR) is 137 cm³/mol. The van der Waals surface area contributed by atoms with Crippen molar-refractivity contribution >= 4 is 5.91 Å². The molecule has 0 saturated carbocycles. The fourth-order valence-corrected chi connectivity index (χ4v) is 4.85. The van der Waals surface area contributed by atoms with E-state index in [1.54, 1.807) is 7.11 Å². The Hall–Kier alpha value is -3.91. The molecule has 0 aliphatic carbocycles. The van der Waals surface area contributed by atoms with Gasteiger partial charge < -0.3 is 18.7 Å². The number of piperazine rings is 1. The highest BCUT2D eigenvalue weighted by molar-refractivity contribution is 5.96. The molecule has 0 unspecified atom stereocenters. The van der Waals surface area contributed by atoms with E-state index in [1.165, 1.54) is 0 Å². The second kappa shape index (κ2) is 9.99. The summed E-state index contributed by atoms with van der Waals surface area (Å²) >= 11 is 0. The van der Waals surface area contributed by atoms with Gasteiger partial charge in [0.2, 0.25) is 11.7 Å². The lowest BCUT2D eigenvalue weighted by Crippen LogP contribution is -2.48. The topological polar surface area (TPSA) is 76.6 Å². The van der Waals surface area contributed by atoms with Crippen LogP contribution in [0.15, 0.2) is 59.1 Å². The van der Waals surface area contributed by atoms with Crippen LogP contribution in [-0.2, 0) is 6.54 Å². The average molecular weight is 486 g/mol. The maximum Gasteiger partial charge on any atom is 0.255 e. The highest BCUT2D eigenvalue weighted by Gasteiger charge is 2.26. The van der Waals surface area contributed by atoms with Crippen molar-refractivity contribution in [1.82, 2.24) is 24.5 Å². The number of hydrogen-bond donors (Lipinski definition) is 0. The zero-order valence-corrected chi connectivity index (χ0v) is 21.2. The predicted octanol–water partition coefficient (Wildman–Crippen LogP) is 4.42. The van der Waals surface area contributed by atoms with Crippen LogP contribution in [0.3, 0.4) is 0 Å². The standard InChI is InChI=1S/C28H31N5O3/c1-19-8-5-6-11-24(19)27-29-26(36-30-27)18-31-12-14-32(15-13-31)28(34)25-16-20(2)33(21(25)3)22-9-7-10-23(17-22)35-4/h5-11,16-17H,12-15,18H2,1-4H3. The normalized spacial score (nSPS) is 14.3. The Bertz CT molecular complexity index is 1380. The minimum atomic E-state index is 0.0662. The molecule has 3 heterocycles. The molecule has 4 aromatic rings. The first-order valence-corrected chi connectivity index (χ1v) is 12.2. The van der Waals surface area contributed by atoms with Crippen molar-refractivity contribution in [2.24, 2.45) is 0 Å². The Kier molecular flexibility index (Phi) is 6.61. The van der Waals surface area contributed by atoms with E-state index in [4.69, 9.17) is 9.26 Å². The SMILES string of the molecule is COc1cccc(-n2c(C)cc(C(=O)N3CCN(Cc4nc(-c5ccccc5C)no4)CC3)c2C)c1. The lowest BCUT2D eigenvalue weighted by Gasteiger charge is -2.34. The van der Waals surface area contributed by atoms with Gasteiger partial charge >= 0.3 is 0 Å². The first-order chi connectivity index (χ1) is 17.4. The summed E-state index contributed by atoms with van der Waals surface area (Å²) in [4.78, 5) is 22.2. The molecule has 1 aliphatic rings. The molecule has 1 amide bonds. The maximum absolute atomic E-state index is 13.4. The monoisotopic (exact) mass is 485 g/mol. The minimum Gasteiger partial charge on any atom is -0.497 e. The molecule has 1 aliphatic heterocycles. The molecule has 2 aromatic carbocycles. The second-order valence-corrected chi connectivity index (χ2v) is 9.22. The summed E-state index contributed by atoms with van der Waals surface area (Å²) in [6.07, 6.45) is 0. The molecule has 5 rings (SSSR count). The van der Waals surface area contributed by atoms with Crippen LogP contribution in [0.4, 0.5) is 0 Å². The molecule has 2 aromatic heterocycles. The highest BCUT2D eigenvalue weighted by atomic mass is 16.5. The van der Waals surface area contributed by atoms with Gasteiger partial charge in [-0.3, -0.25) is 9.69 Å². The first-order valence-electron chi connectivity index (χ1n) is 12.2. The quantitative estimate of drug-likeness (QED) is 0.402. The average Bonchev–Trinajstić information content (AvgIpc) is 3.47. The van der Waals surface area contributed by atoms with Crippen molar-refractivity contribution in [1.29, 1.82) is 0 Å². The molecular formula is C28H31N5O3. The Morgan fingerprint density at radius 2 is 1.78 bits per heavy atom. The third-order valence-corrected chi connectivity index (χ3v) is 6.85. The molecule has 36 heavy (non-hydrogen) atoms. The third-order valence-electron chi connectivity index (χ3n) is 6.85. The van der Waals surface area contributed by atoms with Crippen LogP contribution in [0.2, 0.25) is 0 Å². The lowest BCUT2D eigenvalue weighted by atomic mass is 10.1. The van der Waals surface area contributed by atoms with Crippen LogP contribution in [-0.4, -0.2) is 63.7 Å². The van der Waals surface area contributed by atoms with E-state index in [2.05, 4.69) is 19.6 Å². The molecule has 0 spiro atoms. The number of amides is 1. The fourth-order valence-electron chi connectivity index (χ4n) is 4.85. The molecule has 0 radical (unpaired) electrons. The minimum absolute atomic E-state index is 0.0662. The molecule has 1 fully saturated rings. The van der Waals surface area contributed by atoms with E-state index < -0.39 is 0 Å². The van der Waals surface area contributed by atoms with E-state index in [0.29, 0.717) is 31.3 Å². The highest BCUT2D eigenvalue weighted by Crippen LogP contribution is 2.25. The third kappa shape index (κ3) is 4.64. The van der Waals surface area contributed by atoms with Crippen molar-refractivity contribution in [2.45, 2.75) is 27.3 Å². The number of methoxy groups -OCH3 is 1. The fraction of sp³-hybridized carbons (Fsp3) is 0.321. The summed E-state index contributed by atoms with van der Waals surface area (Å²) in [7, 11) is 1.66. The van der Waals surface area contributed by atoms with Crippen LogP contribution >= 0.6 is 0 Å². The van der Waals surface area contributed by atoms with Crippen LogP contribution < -0.4 is 4.74 Å². The van der Waals surface area contributed by atoms with Gasteiger partial charge in [0.05, 0.1) is 19.2 Å². The number of carbonyl (C=O) groups is 1. The van der Waals surface area contributed by atoms with Gasteiger partial charge in [0.15, 0.2) is 0 Å². The van der Waals surface area contributed by atoms with E-state index in [9.17, 15) is 4.79 Å². The molecule has 1 saturated heterocycles. The van der Waals surface area contributed by atoms with E-state index in [1.807, 2.05) is 80.3 Å². The van der Waals surface area contributed by atoms with Gasteiger partial charge in [-0.1, -0.05) is 35.5 Å². The smallest absolute Gasteiger partial charge is 0.255 e. The Balaban J connectivity index is 1.23. The van der Waals surface area contributed by atoms with Crippen molar-refractivity contribution in [3.05, 3.63) is 83.0 Å². The number of ether oxygens (including phenoxy) is 1. The summed E-state index contributed by atoms with van der Waals surface area (Å²) < 4.78 is 13.0. The van der Waals surface area contributed by atoms with Crippen LogP contribution in [0.1, 0.15) is 33.2 Å². The zero-order valence-electron chi connectivity index (χ0n) is 21.2. The summed E-state index contributed by atoms with van der Waals surface area (Å²) in [6.45, 7) is 9.45. The van der Waals surface area contributed by atoms with E-state index in [-0.39, 0.29) is 5.91 Å². The van der Waals surface area contributed by atoms with Crippen LogP contribution in [0, 0.1) is 20.8 Å². The number of carbonyl (C=O) groups excluding carboxylic acids is 1. The van der Waals surface area contributed by atoms with Gasteiger partial charge in [0.1, 0.15) is 5.75 Å². The van der Waals surface area contributed by atoms with E-state index >= 15 is 0 Å². The summed E-state index contributed by atoms with van der Waals surface area (Å²) in [5.74, 6) is 2.06. The number of rotatable bonds is 6. The molecule has 0 bridgehead atoms. The first kappa shape index (κ1) is 23.8. The maximum atomic E-state index is 13.4. The van der Waals surface area contributed by atoms with Gasteiger partial charge in [-0.25, -0.2) is 0 Å². The van der Waals surface area contributed by atoms with Gasteiger partial charge in [-0.15, -0.1) is 0 Å². The lowest BCUT2D eigenvalue weighted by molar-refractivity contribution is 0.0614. The molecule has 0 N–H and O–H groups in total. The number of benzene rings is 2. The van der Waals surface area contributed by atoms with E-state index in [0.717, 1.165) is 52.6 Å². The Morgan fingerprint density at radius 3 is 2.53 bits per heavy atom. The van der Waals surface area contributed by atoms with Gasteiger partial charge in [-0.05, 0) is 44.5 Å². The zero-order chi connectivity index (χ0) is 25.2. The number of nitrogens with zero attached hydrogens (tertiary/aromatic N) is 5. The van der Waals surface area contributed by atoms with Crippen LogP contribution in [0.25, 0.3) is 17.1 Å². The molecule has 8 nitrogen and oxygen atoms in total. The number of aromatic nitrogens is 3. The summed E-state index contributed by atoms with van der Waals surface area (Å²) in [6, 6.07) is 17.9. The molecule has 186 valence electrons. The van der Waals surface area contributed by atoms with Gasteiger partial charge in [0.25, 0.3) is 5.91 Å². The van der Waals surface area contributed by atoms with Gasteiger partial charge in [-0.2, -0.15) is 4.98 Å². The van der Waals surface area contributed by atoms with Crippen LogP contribution in [0.5, 0.6) is 5.75 Å². The second-order valence-electron chi connectivity index (χ2n) is 9.22. The number of aryl methyl sites for hydroxylation is 2. The largest absolute Gasteiger partial charge is 0.497 e.